The zero-order valence-electron chi connectivity index (χ0n) is 13.7. The zero-order chi connectivity index (χ0) is 17.1. The average molecular weight is 324 g/mol. The third kappa shape index (κ3) is 3.36. The van der Waals surface area contributed by atoms with Crippen molar-refractivity contribution in [3.05, 3.63) is 48.3 Å². The van der Waals surface area contributed by atoms with E-state index < -0.39 is 0 Å². The van der Waals surface area contributed by atoms with Crippen LogP contribution >= 0.6 is 0 Å². The largest absolute Gasteiger partial charge is 0.399 e. The molecule has 2 aromatic rings. The lowest BCUT2D eigenvalue weighted by Gasteiger charge is -2.10. The van der Waals surface area contributed by atoms with Gasteiger partial charge in [0.05, 0.1) is 5.52 Å². The summed E-state index contributed by atoms with van der Waals surface area (Å²) in [6, 6.07) is 5.74. The van der Waals surface area contributed by atoms with Crippen molar-refractivity contribution in [3.63, 3.8) is 0 Å². The van der Waals surface area contributed by atoms with Gasteiger partial charge in [0.25, 0.3) is 0 Å². The van der Waals surface area contributed by atoms with E-state index in [0.717, 1.165) is 18.6 Å². The number of nitrogens with two attached hydrogens (primary N) is 1. The van der Waals surface area contributed by atoms with E-state index >= 15 is 0 Å². The van der Waals surface area contributed by atoms with Crippen LogP contribution in [0, 0.1) is 0 Å². The van der Waals surface area contributed by atoms with Crippen LogP contribution in [0.1, 0.15) is 0 Å². The molecule has 0 unspecified atom stereocenters. The molecule has 7 nitrogen and oxygen atoms in total. The molecule has 7 heteroatoms. The van der Waals surface area contributed by atoms with Crippen LogP contribution in [0.5, 0.6) is 0 Å². The number of nitrogens with zero attached hydrogens (tertiary/aromatic N) is 4. The Morgan fingerprint density at radius 3 is 2.92 bits per heavy atom. The number of aromatic nitrogens is 2. The first-order valence-corrected chi connectivity index (χ1v) is 7.69. The third-order valence-corrected chi connectivity index (χ3v) is 3.58. The molecule has 3 rings (SSSR count). The smallest absolute Gasteiger partial charge is 0.206 e. The van der Waals surface area contributed by atoms with Crippen LogP contribution in [-0.2, 0) is 4.79 Å². The number of pyridine rings is 1. The van der Waals surface area contributed by atoms with E-state index in [2.05, 4.69) is 20.3 Å². The SMILES string of the molecule is CN(C)CCNc1nn2ccccc2c1N=C1C=CC(N)=CC1=O. The van der Waals surface area contributed by atoms with Gasteiger partial charge < -0.3 is 16.0 Å². The van der Waals surface area contributed by atoms with Crippen LogP contribution in [0.3, 0.4) is 0 Å². The van der Waals surface area contributed by atoms with Crippen molar-refractivity contribution < 1.29 is 4.79 Å². The molecule has 0 radical (unpaired) electrons. The highest BCUT2D eigenvalue weighted by molar-refractivity contribution is 6.49. The number of fused-ring (bicyclic) bond motifs is 1. The molecule has 3 N–H and O–H groups in total. The van der Waals surface area contributed by atoms with Crippen molar-refractivity contribution in [2.45, 2.75) is 0 Å². The molecule has 24 heavy (non-hydrogen) atoms. The highest BCUT2D eigenvalue weighted by atomic mass is 16.1. The Labute approximate surface area is 140 Å². The number of allylic oxidation sites excluding steroid dienone is 3. The number of nitrogens with one attached hydrogen (secondary N) is 1. The molecule has 0 saturated heterocycles. The van der Waals surface area contributed by atoms with Crippen molar-refractivity contribution in [1.82, 2.24) is 14.5 Å². The molecule has 124 valence electrons. The van der Waals surface area contributed by atoms with Crippen LogP contribution < -0.4 is 11.1 Å². The second-order valence-corrected chi connectivity index (χ2v) is 5.80. The molecular formula is C17H20N6O. The van der Waals surface area contributed by atoms with Gasteiger partial charge in [-0.1, -0.05) is 6.07 Å². The minimum atomic E-state index is -0.204. The fourth-order valence-electron chi connectivity index (χ4n) is 2.36. The van der Waals surface area contributed by atoms with Gasteiger partial charge in [-0.05, 0) is 38.4 Å². The van der Waals surface area contributed by atoms with Crippen LogP contribution in [0.2, 0.25) is 0 Å². The minimum Gasteiger partial charge on any atom is -0.399 e. The molecule has 1 aliphatic rings. The second-order valence-electron chi connectivity index (χ2n) is 5.80. The van der Waals surface area contributed by atoms with Crippen molar-refractivity contribution in [1.29, 1.82) is 0 Å². The summed E-state index contributed by atoms with van der Waals surface area (Å²) in [5.74, 6) is 0.448. The number of hydrogen-bond donors (Lipinski definition) is 2. The molecule has 2 heterocycles. The number of carbonyl (C=O) groups excluding carboxylic acids is 1. The van der Waals surface area contributed by atoms with E-state index in [1.165, 1.54) is 6.08 Å². The Morgan fingerprint density at radius 2 is 2.17 bits per heavy atom. The number of rotatable bonds is 5. The second kappa shape index (κ2) is 6.67. The predicted molar refractivity (Wildman–Crippen MR) is 95.7 cm³/mol. The van der Waals surface area contributed by atoms with Gasteiger partial charge >= 0.3 is 0 Å². The summed E-state index contributed by atoms with van der Waals surface area (Å²) in [4.78, 5) is 18.7. The third-order valence-electron chi connectivity index (χ3n) is 3.58. The summed E-state index contributed by atoms with van der Waals surface area (Å²) in [6.45, 7) is 1.59. The Balaban J connectivity index is 1.99. The van der Waals surface area contributed by atoms with E-state index in [-0.39, 0.29) is 5.78 Å². The van der Waals surface area contributed by atoms with Crippen molar-refractivity contribution in [2.75, 3.05) is 32.5 Å². The number of anilines is 1. The first-order valence-electron chi connectivity index (χ1n) is 7.69. The molecule has 0 saturated carbocycles. The number of hydrogen-bond acceptors (Lipinski definition) is 6. The molecule has 0 amide bonds. The lowest BCUT2D eigenvalue weighted by Crippen LogP contribution is -2.21. The first-order chi connectivity index (χ1) is 11.5. The van der Waals surface area contributed by atoms with Gasteiger partial charge in [-0.15, -0.1) is 5.10 Å². The lowest BCUT2D eigenvalue weighted by molar-refractivity contribution is -0.108. The van der Waals surface area contributed by atoms with E-state index in [4.69, 9.17) is 5.73 Å². The highest BCUT2D eigenvalue weighted by Gasteiger charge is 2.16. The quantitative estimate of drug-likeness (QED) is 0.811. The van der Waals surface area contributed by atoms with E-state index in [1.54, 1.807) is 16.7 Å². The Hall–Kier alpha value is -2.93. The predicted octanol–water partition coefficient (Wildman–Crippen LogP) is 1.36. The van der Waals surface area contributed by atoms with E-state index in [1.807, 2.05) is 38.5 Å². The maximum atomic E-state index is 12.1. The molecular weight excluding hydrogens is 304 g/mol. The fraction of sp³-hybridized carbons (Fsp3) is 0.235. The number of ketones is 1. The summed E-state index contributed by atoms with van der Waals surface area (Å²) in [5.41, 5.74) is 7.90. The van der Waals surface area contributed by atoms with E-state index in [0.29, 0.717) is 22.9 Å². The number of aliphatic imine (C=N–C) groups is 1. The topological polar surface area (TPSA) is 88.0 Å². The summed E-state index contributed by atoms with van der Waals surface area (Å²) in [7, 11) is 4.02. The molecule has 1 aliphatic carbocycles. The van der Waals surface area contributed by atoms with Crippen LogP contribution in [-0.4, -0.2) is 53.2 Å². The van der Waals surface area contributed by atoms with Gasteiger partial charge in [-0.2, -0.15) is 0 Å². The summed E-state index contributed by atoms with van der Waals surface area (Å²) in [5, 5.41) is 7.81. The monoisotopic (exact) mass is 324 g/mol. The van der Waals surface area contributed by atoms with Gasteiger partial charge in [0.1, 0.15) is 11.4 Å². The molecule has 0 aromatic carbocycles. The maximum absolute atomic E-state index is 12.1. The maximum Gasteiger partial charge on any atom is 0.206 e. The first kappa shape index (κ1) is 15.9. The van der Waals surface area contributed by atoms with Crippen molar-refractivity contribution in [3.8, 4) is 0 Å². The molecule has 0 atom stereocenters. The minimum absolute atomic E-state index is 0.204. The van der Waals surface area contributed by atoms with Gasteiger partial charge in [-0.3, -0.25) is 4.79 Å². The number of likely N-dealkylation sites (N-methyl/N-ethyl adjacent to an activating group) is 1. The lowest BCUT2D eigenvalue weighted by atomic mass is 10.1. The van der Waals surface area contributed by atoms with Crippen molar-refractivity contribution in [2.24, 2.45) is 10.7 Å². The molecule has 0 bridgehead atoms. The Bertz CT molecular complexity index is 859. The average Bonchev–Trinajstić information content (AvgIpc) is 2.87. The molecule has 0 aliphatic heterocycles. The number of carbonyl (C=O) groups is 1. The Morgan fingerprint density at radius 1 is 1.33 bits per heavy atom. The Kier molecular flexibility index (Phi) is 4.43. The summed E-state index contributed by atoms with van der Waals surface area (Å²) in [6.07, 6.45) is 6.54. The summed E-state index contributed by atoms with van der Waals surface area (Å²) < 4.78 is 1.75. The van der Waals surface area contributed by atoms with E-state index in [9.17, 15) is 4.79 Å². The normalized spacial score (nSPS) is 16.2. The van der Waals surface area contributed by atoms with Crippen molar-refractivity contribution >= 4 is 28.5 Å². The molecule has 0 spiro atoms. The van der Waals surface area contributed by atoms with Crippen LogP contribution in [0.25, 0.3) is 5.52 Å². The molecule has 2 aromatic heterocycles. The molecule has 0 fully saturated rings. The van der Waals surface area contributed by atoms with Gasteiger partial charge in [0.15, 0.2) is 5.82 Å². The zero-order valence-corrected chi connectivity index (χ0v) is 13.7. The van der Waals surface area contributed by atoms with Gasteiger partial charge in [0, 0.05) is 31.1 Å². The van der Waals surface area contributed by atoms with Gasteiger partial charge in [-0.25, -0.2) is 9.51 Å². The highest BCUT2D eigenvalue weighted by Crippen LogP contribution is 2.30. The van der Waals surface area contributed by atoms with Crippen LogP contribution in [0.15, 0.2) is 53.3 Å². The fourth-order valence-corrected chi connectivity index (χ4v) is 2.36. The summed E-state index contributed by atoms with van der Waals surface area (Å²) >= 11 is 0. The standard InChI is InChI=1S/C17H20N6O/c1-22(2)10-8-19-17-16(14-5-3-4-9-23(14)21-17)20-13-7-6-12(18)11-15(13)24/h3-7,9,11H,8,10,18H2,1-2H3,(H,19,21). The van der Waals surface area contributed by atoms with Crippen LogP contribution in [0.4, 0.5) is 11.5 Å². The van der Waals surface area contributed by atoms with Gasteiger partial charge in [0.2, 0.25) is 5.78 Å².